The molecule has 0 amide bonds. The van der Waals surface area contributed by atoms with Gasteiger partial charge in [-0.15, -0.1) is 11.6 Å². The van der Waals surface area contributed by atoms with Gasteiger partial charge in [0.2, 0.25) is 0 Å². The highest BCUT2D eigenvalue weighted by atomic mass is 79.9. The van der Waals surface area contributed by atoms with Gasteiger partial charge in [-0.1, -0.05) is 23.2 Å². The number of rotatable bonds is 2. The first-order chi connectivity index (χ1) is 10.0. The van der Waals surface area contributed by atoms with Crippen LogP contribution in [0.3, 0.4) is 0 Å². The zero-order chi connectivity index (χ0) is 15.1. The third kappa shape index (κ3) is 2.55. The molecule has 1 atom stereocenters. The number of nitrogens with zero attached hydrogens (tertiary/aromatic N) is 3. The molecule has 0 saturated heterocycles. The molecule has 1 unspecified atom stereocenters. The number of hydrogen-bond donors (Lipinski definition) is 0. The van der Waals surface area contributed by atoms with Crippen LogP contribution in [0.15, 0.2) is 35.1 Å². The zero-order valence-corrected chi connectivity index (χ0v) is 14.7. The van der Waals surface area contributed by atoms with Crippen molar-refractivity contribution >= 4 is 61.8 Å². The highest BCUT2D eigenvalue weighted by Gasteiger charge is 2.19. The molecule has 0 N–H and O–H groups in total. The van der Waals surface area contributed by atoms with E-state index in [9.17, 15) is 0 Å². The predicted octanol–water partition coefficient (Wildman–Crippen LogP) is 5.79. The minimum Gasteiger partial charge on any atom is -0.293 e. The Balaban J connectivity index is 2.39. The van der Waals surface area contributed by atoms with Crippen molar-refractivity contribution in [2.24, 2.45) is 0 Å². The van der Waals surface area contributed by atoms with Crippen LogP contribution >= 0.6 is 50.7 Å². The lowest BCUT2D eigenvalue weighted by Gasteiger charge is -2.13. The monoisotopic (exact) mass is 403 g/mol. The minimum absolute atomic E-state index is 0.282. The predicted molar refractivity (Wildman–Crippen MR) is 90.9 cm³/mol. The van der Waals surface area contributed by atoms with Crippen molar-refractivity contribution in [1.82, 2.24) is 14.5 Å². The van der Waals surface area contributed by atoms with Gasteiger partial charge in [-0.3, -0.25) is 9.55 Å². The number of benzene rings is 1. The molecule has 3 rings (SSSR count). The third-order valence-electron chi connectivity index (χ3n) is 3.09. The second-order valence-electron chi connectivity index (χ2n) is 4.48. The van der Waals surface area contributed by atoms with Crippen LogP contribution in [0.4, 0.5) is 0 Å². The quantitative estimate of drug-likeness (QED) is 0.399. The molecule has 21 heavy (non-hydrogen) atoms. The van der Waals surface area contributed by atoms with Crippen LogP contribution in [-0.4, -0.2) is 14.5 Å². The van der Waals surface area contributed by atoms with Gasteiger partial charge in [0.1, 0.15) is 11.3 Å². The summed E-state index contributed by atoms with van der Waals surface area (Å²) in [6, 6.07) is 5.60. The maximum absolute atomic E-state index is 6.40. The fourth-order valence-corrected chi connectivity index (χ4v) is 3.16. The van der Waals surface area contributed by atoms with Crippen LogP contribution in [0.25, 0.3) is 16.7 Å². The fraction of sp³-hybridized carbons (Fsp3) is 0.143. The molecule has 0 aliphatic rings. The first-order valence-corrected chi connectivity index (χ1v) is 8.09. The van der Waals surface area contributed by atoms with E-state index in [4.69, 9.17) is 34.8 Å². The smallest absolute Gasteiger partial charge is 0.132 e. The van der Waals surface area contributed by atoms with Gasteiger partial charge in [0, 0.05) is 10.7 Å². The van der Waals surface area contributed by atoms with Gasteiger partial charge in [0.15, 0.2) is 0 Å². The van der Waals surface area contributed by atoms with Gasteiger partial charge in [-0.05, 0) is 41.1 Å². The van der Waals surface area contributed by atoms with Crippen molar-refractivity contribution < 1.29 is 0 Å². The normalized spacial score (nSPS) is 12.8. The molecule has 0 fully saturated rings. The molecule has 7 heteroatoms. The van der Waals surface area contributed by atoms with Crippen LogP contribution in [0.2, 0.25) is 10.0 Å². The maximum Gasteiger partial charge on any atom is 0.132 e. The molecule has 0 bridgehead atoms. The Labute approximate surface area is 145 Å². The van der Waals surface area contributed by atoms with E-state index in [1.54, 1.807) is 12.4 Å². The molecule has 3 nitrogen and oxygen atoms in total. The van der Waals surface area contributed by atoms with E-state index in [0.717, 1.165) is 21.2 Å². The lowest BCUT2D eigenvalue weighted by molar-refractivity contribution is 0.882. The summed E-state index contributed by atoms with van der Waals surface area (Å²) in [5, 5.41) is 0.620. The van der Waals surface area contributed by atoms with Crippen molar-refractivity contribution in [1.29, 1.82) is 0 Å². The van der Waals surface area contributed by atoms with Crippen molar-refractivity contribution in [3.63, 3.8) is 0 Å². The summed E-state index contributed by atoms with van der Waals surface area (Å²) in [4.78, 5) is 8.63. The fourth-order valence-electron chi connectivity index (χ4n) is 2.16. The van der Waals surface area contributed by atoms with Crippen LogP contribution in [0.5, 0.6) is 0 Å². The van der Waals surface area contributed by atoms with Crippen LogP contribution in [0, 0.1) is 0 Å². The standard InChI is InChI=1S/C14H9BrCl3N3/c1-7(16)14-20-9-6-19-5-4-10(9)21(14)11-3-2-8(15)12(17)13(11)18/h2-7H,1H3. The third-order valence-corrected chi connectivity index (χ3v) is 5.05. The van der Waals surface area contributed by atoms with Crippen LogP contribution < -0.4 is 0 Å². The van der Waals surface area contributed by atoms with E-state index in [1.165, 1.54) is 0 Å². The van der Waals surface area contributed by atoms with Gasteiger partial charge in [0.05, 0.1) is 32.8 Å². The first kappa shape index (κ1) is 15.1. The summed E-state index contributed by atoms with van der Waals surface area (Å²) in [6.45, 7) is 1.86. The van der Waals surface area contributed by atoms with Gasteiger partial charge in [-0.2, -0.15) is 0 Å². The number of pyridine rings is 1. The second-order valence-corrected chi connectivity index (χ2v) is 6.75. The first-order valence-electron chi connectivity index (χ1n) is 6.11. The summed E-state index contributed by atoms with van der Waals surface area (Å²) < 4.78 is 2.65. The van der Waals surface area contributed by atoms with Crippen LogP contribution in [0.1, 0.15) is 18.1 Å². The Hall–Kier alpha value is -0.810. The van der Waals surface area contributed by atoms with Crippen molar-refractivity contribution in [3.8, 4) is 5.69 Å². The van der Waals surface area contributed by atoms with E-state index in [0.29, 0.717) is 15.9 Å². The number of hydrogen-bond acceptors (Lipinski definition) is 2. The van der Waals surface area contributed by atoms with Gasteiger partial charge < -0.3 is 0 Å². The van der Waals surface area contributed by atoms with E-state index < -0.39 is 0 Å². The largest absolute Gasteiger partial charge is 0.293 e. The number of halogens is 4. The molecule has 0 spiro atoms. The van der Waals surface area contributed by atoms with Crippen molar-refractivity contribution in [3.05, 3.63) is 50.9 Å². The molecule has 108 valence electrons. The molecule has 2 aromatic heterocycles. The van der Waals surface area contributed by atoms with Gasteiger partial charge in [0.25, 0.3) is 0 Å². The molecule has 1 aromatic carbocycles. The summed E-state index contributed by atoms with van der Waals surface area (Å²) in [7, 11) is 0. The number of imidazole rings is 1. The average Bonchev–Trinajstić information content (AvgIpc) is 2.85. The Kier molecular flexibility index (Phi) is 4.14. The molecular weight excluding hydrogens is 396 g/mol. The Morgan fingerprint density at radius 1 is 1.19 bits per heavy atom. The Morgan fingerprint density at radius 3 is 2.67 bits per heavy atom. The summed E-state index contributed by atoms with van der Waals surface area (Å²) in [6.07, 6.45) is 3.40. The molecule has 0 aliphatic heterocycles. The van der Waals surface area contributed by atoms with Crippen molar-refractivity contribution in [2.45, 2.75) is 12.3 Å². The summed E-state index contributed by atoms with van der Waals surface area (Å²) in [5.74, 6) is 0.694. The second kappa shape index (κ2) is 5.76. The minimum atomic E-state index is -0.282. The zero-order valence-electron chi connectivity index (χ0n) is 10.8. The Morgan fingerprint density at radius 2 is 1.95 bits per heavy atom. The lowest BCUT2D eigenvalue weighted by atomic mass is 10.3. The number of fused-ring (bicyclic) bond motifs is 1. The number of aromatic nitrogens is 3. The molecule has 3 aromatic rings. The van der Waals surface area contributed by atoms with Crippen molar-refractivity contribution in [2.75, 3.05) is 0 Å². The molecule has 0 saturated carbocycles. The topological polar surface area (TPSA) is 30.7 Å². The van der Waals surface area contributed by atoms with Crippen LogP contribution in [-0.2, 0) is 0 Å². The number of alkyl halides is 1. The summed E-state index contributed by atoms with van der Waals surface area (Å²) >= 11 is 22.2. The Bertz CT molecular complexity index is 830. The van der Waals surface area contributed by atoms with E-state index in [2.05, 4.69) is 25.9 Å². The highest BCUT2D eigenvalue weighted by molar-refractivity contribution is 9.10. The molecule has 0 aliphatic carbocycles. The van der Waals surface area contributed by atoms with Gasteiger partial charge in [-0.25, -0.2) is 4.98 Å². The van der Waals surface area contributed by atoms with E-state index >= 15 is 0 Å². The maximum atomic E-state index is 6.40. The van der Waals surface area contributed by atoms with E-state index in [1.807, 2.05) is 29.7 Å². The molecule has 2 heterocycles. The lowest BCUT2D eigenvalue weighted by Crippen LogP contribution is -2.03. The highest BCUT2D eigenvalue weighted by Crippen LogP contribution is 2.37. The average molecular weight is 406 g/mol. The van der Waals surface area contributed by atoms with E-state index in [-0.39, 0.29) is 5.38 Å². The van der Waals surface area contributed by atoms with Gasteiger partial charge >= 0.3 is 0 Å². The summed E-state index contributed by atoms with van der Waals surface area (Å²) in [5.41, 5.74) is 2.38. The molecule has 0 radical (unpaired) electrons. The molecular formula is C14H9BrCl3N3. The SMILES string of the molecule is CC(Cl)c1nc2cnccc2n1-c1ccc(Br)c(Cl)c1Cl.